The summed E-state index contributed by atoms with van der Waals surface area (Å²) in [5.41, 5.74) is -0.926. The van der Waals surface area contributed by atoms with Gasteiger partial charge in [-0.3, -0.25) is 0 Å². The molecule has 0 atom stereocenters. The van der Waals surface area contributed by atoms with Crippen LogP contribution in [0.3, 0.4) is 0 Å². The van der Waals surface area contributed by atoms with E-state index in [1.54, 1.807) is 0 Å². The minimum Gasteiger partial charge on any atom is -0.221 e. The summed E-state index contributed by atoms with van der Waals surface area (Å²) in [6.45, 7) is 0. The molecule has 0 aliphatic rings. The van der Waals surface area contributed by atoms with E-state index in [9.17, 15) is 13.2 Å². The lowest BCUT2D eigenvalue weighted by Gasteiger charge is -1.98. The quantitative estimate of drug-likeness (QED) is 0.748. The monoisotopic (exact) mass is 299 g/mol. The summed E-state index contributed by atoms with van der Waals surface area (Å²) in [5, 5.41) is 3.74. The lowest BCUT2D eigenvalue weighted by atomic mass is 10.5. The summed E-state index contributed by atoms with van der Waals surface area (Å²) in [6.07, 6.45) is -3.70. The van der Waals surface area contributed by atoms with Gasteiger partial charge in [-0.05, 0) is 22.0 Å². The van der Waals surface area contributed by atoms with Crippen molar-refractivity contribution in [2.75, 3.05) is 0 Å². The zero-order valence-corrected chi connectivity index (χ0v) is 9.23. The maximum Gasteiger partial charge on any atom is 0.434 e. The van der Waals surface area contributed by atoms with Gasteiger partial charge in [0.2, 0.25) is 0 Å². The lowest BCUT2D eigenvalue weighted by molar-refractivity contribution is -0.140. The highest BCUT2D eigenvalue weighted by molar-refractivity contribution is 9.10. The average molecular weight is 300 g/mol. The normalized spacial score (nSPS) is 12.3. The first-order chi connectivity index (χ1) is 6.88. The van der Waals surface area contributed by atoms with E-state index in [1.807, 2.05) is 0 Å². The van der Waals surface area contributed by atoms with Gasteiger partial charge < -0.3 is 0 Å². The van der Waals surface area contributed by atoms with Gasteiger partial charge in [-0.15, -0.1) is 0 Å². The first kappa shape index (κ1) is 10.7. The fourth-order valence-electron chi connectivity index (χ4n) is 1.05. The van der Waals surface area contributed by atoms with Gasteiger partial charge in [0.1, 0.15) is 0 Å². The molecule has 2 rings (SSSR count). The first-order valence-electron chi connectivity index (χ1n) is 3.66. The molecule has 0 saturated carbocycles. The number of hydrogen-bond donors (Lipinski definition) is 0. The maximum atomic E-state index is 12.3. The molecule has 0 fully saturated rings. The van der Waals surface area contributed by atoms with Gasteiger partial charge in [-0.1, -0.05) is 11.6 Å². The van der Waals surface area contributed by atoms with Crippen LogP contribution in [0.2, 0.25) is 5.15 Å². The molecule has 0 radical (unpaired) electrons. The molecule has 2 aromatic heterocycles. The third-order valence-electron chi connectivity index (χ3n) is 1.64. The van der Waals surface area contributed by atoms with Crippen molar-refractivity contribution in [3.05, 3.63) is 27.6 Å². The van der Waals surface area contributed by atoms with Crippen molar-refractivity contribution in [3.8, 4) is 0 Å². The van der Waals surface area contributed by atoms with Crippen molar-refractivity contribution in [2.24, 2.45) is 0 Å². The Hall–Kier alpha value is -0.820. The predicted molar refractivity (Wildman–Crippen MR) is 50.7 cm³/mol. The molecule has 8 heteroatoms. The first-order valence-corrected chi connectivity index (χ1v) is 4.83. The molecule has 0 saturated heterocycles. The molecule has 0 aromatic carbocycles. The van der Waals surface area contributed by atoms with Gasteiger partial charge in [0.15, 0.2) is 16.5 Å². The highest BCUT2D eigenvalue weighted by Crippen LogP contribution is 2.30. The number of aromatic nitrogens is 3. The highest BCUT2D eigenvalue weighted by Gasteiger charge is 2.34. The van der Waals surface area contributed by atoms with Crippen LogP contribution in [0.15, 0.2) is 16.7 Å². The van der Waals surface area contributed by atoms with Gasteiger partial charge in [-0.2, -0.15) is 18.3 Å². The Bertz CT molecular complexity index is 522. The van der Waals surface area contributed by atoms with E-state index in [4.69, 9.17) is 11.6 Å². The van der Waals surface area contributed by atoms with Crippen LogP contribution in [-0.4, -0.2) is 14.6 Å². The molecular weight excluding hydrogens is 298 g/mol. The van der Waals surface area contributed by atoms with Crippen molar-refractivity contribution < 1.29 is 13.2 Å². The van der Waals surface area contributed by atoms with Crippen LogP contribution < -0.4 is 0 Å². The van der Waals surface area contributed by atoms with Crippen LogP contribution in [0.1, 0.15) is 5.69 Å². The van der Waals surface area contributed by atoms with Crippen LogP contribution >= 0.6 is 27.5 Å². The molecule has 0 amide bonds. The van der Waals surface area contributed by atoms with Crippen LogP contribution in [-0.2, 0) is 6.18 Å². The number of hydrogen-bond acceptors (Lipinski definition) is 2. The third-order valence-corrected chi connectivity index (χ3v) is 2.41. The van der Waals surface area contributed by atoms with Crippen molar-refractivity contribution in [1.82, 2.24) is 14.6 Å². The standard InChI is InChI=1S/C7H2BrClF3N3/c8-3-1-5(9)14-15-2-4(7(10,11)12)13-6(3)15/h1-2H. The maximum absolute atomic E-state index is 12.3. The van der Waals surface area contributed by atoms with Gasteiger partial charge in [0, 0.05) is 0 Å². The Kier molecular flexibility index (Phi) is 2.38. The molecule has 0 unspecified atom stereocenters. The molecule has 0 bridgehead atoms. The summed E-state index contributed by atoms with van der Waals surface area (Å²) in [7, 11) is 0. The number of rotatable bonds is 0. The van der Waals surface area contributed by atoms with Crippen LogP contribution in [0, 0.1) is 0 Å². The summed E-state index contributed by atoms with van der Waals surface area (Å²) >= 11 is 8.63. The molecule has 2 aromatic rings. The highest BCUT2D eigenvalue weighted by atomic mass is 79.9. The van der Waals surface area contributed by atoms with Gasteiger partial charge in [0.25, 0.3) is 0 Å². The second kappa shape index (κ2) is 3.34. The fraction of sp³-hybridized carbons (Fsp3) is 0.143. The van der Waals surface area contributed by atoms with Crippen LogP contribution in [0.4, 0.5) is 13.2 Å². The van der Waals surface area contributed by atoms with Crippen LogP contribution in [0.25, 0.3) is 5.65 Å². The van der Waals surface area contributed by atoms with E-state index >= 15 is 0 Å². The van der Waals surface area contributed by atoms with Gasteiger partial charge in [0.05, 0.1) is 10.7 Å². The zero-order chi connectivity index (χ0) is 11.2. The van der Waals surface area contributed by atoms with E-state index in [2.05, 4.69) is 26.0 Å². The Labute approximate surface area is 95.0 Å². The largest absolute Gasteiger partial charge is 0.434 e. The molecule has 3 nitrogen and oxygen atoms in total. The molecule has 0 aliphatic carbocycles. The predicted octanol–water partition coefficient (Wildman–Crippen LogP) is 3.16. The number of imidazole rings is 1. The molecule has 0 spiro atoms. The smallest absolute Gasteiger partial charge is 0.221 e. The second-order valence-corrected chi connectivity index (χ2v) is 3.95. The van der Waals surface area contributed by atoms with Crippen molar-refractivity contribution in [2.45, 2.75) is 6.18 Å². The van der Waals surface area contributed by atoms with Gasteiger partial charge in [-0.25, -0.2) is 9.50 Å². The summed E-state index contributed by atoms with van der Waals surface area (Å²) in [4.78, 5) is 3.39. The second-order valence-electron chi connectivity index (χ2n) is 2.71. The van der Waals surface area contributed by atoms with E-state index in [0.717, 1.165) is 10.7 Å². The Morgan fingerprint density at radius 2 is 2.07 bits per heavy atom. The average Bonchev–Trinajstić information content (AvgIpc) is 2.46. The van der Waals surface area contributed by atoms with Crippen molar-refractivity contribution in [1.29, 1.82) is 0 Å². The van der Waals surface area contributed by atoms with E-state index in [0.29, 0.717) is 4.47 Å². The minimum absolute atomic E-state index is 0.0757. The number of alkyl halides is 3. The Morgan fingerprint density at radius 3 is 2.67 bits per heavy atom. The van der Waals surface area contributed by atoms with Crippen molar-refractivity contribution >= 4 is 33.2 Å². The lowest BCUT2D eigenvalue weighted by Crippen LogP contribution is -2.04. The topological polar surface area (TPSA) is 30.2 Å². The van der Waals surface area contributed by atoms with Gasteiger partial charge >= 0.3 is 6.18 Å². The molecule has 0 aliphatic heterocycles. The van der Waals surface area contributed by atoms with E-state index in [1.165, 1.54) is 6.07 Å². The third kappa shape index (κ3) is 1.93. The number of nitrogens with zero attached hydrogens (tertiary/aromatic N) is 3. The van der Waals surface area contributed by atoms with Crippen molar-refractivity contribution in [3.63, 3.8) is 0 Å². The fourth-order valence-corrected chi connectivity index (χ4v) is 1.86. The number of halogens is 5. The Balaban J connectivity index is 2.71. The SMILES string of the molecule is FC(F)(F)c1cn2nc(Cl)cc(Br)c2n1. The summed E-state index contributed by atoms with van der Waals surface area (Å²) < 4.78 is 38.3. The molecule has 15 heavy (non-hydrogen) atoms. The molecular formula is C7H2BrClF3N3. The Morgan fingerprint density at radius 1 is 1.40 bits per heavy atom. The molecule has 0 N–H and O–H groups in total. The zero-order valence-electron chi connectivity index (χ0n) is 6.89. The van der Waals surface area contributed by atoms with E-state index in [-0.39, 0.29) is 10.8 Å². The minimum atomic E-state index is -4.49. The van der Waals surface area contributed by atoms with E-state index < -0.39 is 11.9 Å². The molecule has 2 heterocycles. The summed E-state index contributed by atoms with van der Waals surface area (Å²) in [5.74, 6) is 0. The van der Waals surface area contributed by atoms with Crippen LogP contribution in [0.5, 0.6) is 0 Å². The number of fused-ring (bicyclic) bond motifs is 1. The molecule has 80 valence electrons. The summed E-state index contributed by atoms with van der Waals surface area (Å²) in [6, 6.07) is 1.38.